The summed E-state index contributed by atoms with van der Waals surface area (Å²) < 4.78 is 0. The molecule has 1 rings (SSSR count). The van der Waals surface area contributed by atoms with E-state index in [9.17, 15) is 4.79 Å². The number of aryl methyl sites for hydroxylation is 3. The second-order valence-corrected chi connectivity index (χ2v) is 5.68. The zero-order valence-electron chi connectivity index (χ0n) is 12.7. The Labute approximate surface area is 116 Å². The Morgan fingerprint density at radius 3 is 2.16 bits per heavy atom. The molecular formula is C16H26N2O. The highest BCUT2D eigenvalue weighted by molar-refractivity contribution is 5.97. The number of carbonyl (C=O) groups is 1. The van der Waals surface area contributed by atoms with Gasteiger partial charge in [0.05, 0.1) is 0 Å². The van der Waals surface area contributed by atoms with Crippen molar-refractivity contribution in [2.45, 2.75) is 47.1 Å². The van der Waals surface area contributed by atoms with Gasteiger partial charge in [-0.15, -0.1) is 0 Å². The molecule has 1 aromatic rings. The molecular weight excluding hydrogens is 236 g/mol. The Hall–Kier alpha value is -1.35. The largest absolute Gasteiger partial charge is 0.349 e. The van der Waals surface area contributed by atoms with E-state index >= 15 is 0 Å². The first-order chi connectivity index (χ1) is 8.86. The molecule has 0 aromatic heterocycles. The molecule has 1 aromatic carbocycles. The van der Waals surface area contributed by atoms with Crippen molar-refractivity contribution in [3.8, 4) is 0 Å². The molecule has 0 aliphatic rings. The predicted octanol–water partition coefficient (Wildman–Crippen LogP) is 2.72. The predicted molar refractivity (Wildman–Crippen MR) is 80.4 cm³/mol. The van der Waals surface area contributed by atoms with Crippen molar-refractivity contribution in [2.75, 3.05) is 6.54 Å². The minimum atomic E-state index is 0.0159. The zero-order valence-corrected chi connectivity index (χ0v) is 12.7. The maximum atomic E-state index is 12.4. The molecule has 0 heterocycles. The summed E-state index contributed by atoms with van der Waals surface area (Å²) in [5, 5.41) is 3.12. The van der Waals surface area contributed by atoms with E-state index in [4.69, 9.17) is 5.73 Å². The number of hydrogen-bond donors (Lipinski definition) is 2. The molecule has 3 heteroatoms. The molecule has 19 heavy (non-hydrogen) atoms. The topological polar surface area (TPSA) is 55.1 Å². The number of nitrogens with one attached hydrogen (secondary N) is 1. The first-order valence-corrected chi connectivity index (χ1v) is 6.95. The summed E-state index contributed by atoms with van der Waals surface area (Å²) in [5.74, 6) is 0.403. The molecule has 0 fully saturated rings. The van der Waals surface area contributed by atoms with Gasteiger partial charge in [0.1, 0.15) is 0 Å². The Balaban J connectivity index is 2.94. The third-order valence-corrected chi connectivity index (χ3v) is 3.50. The van der Waals surface area contributed by atoms with Crippen LogP contribution in [0.25, 0.3) is 0 Å². The van der Waals surface area contributed by atoms with Crippen molar-refractivity contribution >= 4 is 5.91 Å². The Morgan fingerprint density at radius 2 is 1.74 bits per heavy atom. The first-order valence-electron chi connectivity index (χ1n) is 6.95. The average Bonchev–Trinajstić information content (AvgIpc) is 2.26. The van der Waals surface area contributed by atoms with Crippen molar-refractivity contribution in [2.24, 2.45) is 11.7 Å². The summed E-state index contributed by atoms with van der Waals surface area (Å²) in [6, 6.07) is 4.24. The van der Waals surface area contributed by atoms with Crippen molar-refractivity contribution < 1.29 is 4.79 Å². The lowest BCUT2D eigenvalue weighted by molar-refractivity contribution is 0.0923. The van der Waals surface area contributed by atoms with E-state index in [-0.39, 0.29) is 11.9 Å². The average molecular weight is 262 g/mol. The number of carbonyl (C=O) groups excluding carboxylic acids is 1. The molecule has 3 nitrogen and oxygen atoms in total. The monoisotopic (exact) mass is 262 g/mol. The fourth-order valence-corrected chi connectivity index (χ4v) is 2.53. The van der Waals surface area contributed by atoms with Gasteiger partial charge < -0.3 is 11.1 Å². The molecule has 0 saturated heterocycles. The number of benzene rings is 1. The van der Waals surface area contributed by atoms with Crippen LogP contribution in [0.1, 0.15) is 47.3 Å². The summed E-state index contributed by atoms with van der Waals surface area (Å²) >= 11 is 0. The minimum Gasteiger partial charge on any atom is -0.349 e. The highest BCUT2D eigenvalue weighted by Gasteiger charge is 2.19. The van der Waals surface area contributed by atoms with Crippen molar-refractivity contribution in [3.63, 3.8) is 0 Å². The summed E-state index contributed by atoms with van der Waals surface area (Å²) in [6.45, 7) is 10.8. The second kappa shape index (κ2) is 6.71. The molecule has 0 saturated carbocycles. The van der Waals surface area contributed by atoms with Gasteiger partial charge in [-0.05, 0) is 50.8 Å². The van der Waals surface area contributed by atoms with E-state index in [1.165, 1.54) is 5.56 Å². The Kier molecular flexibility index (Phi) is 5.55. The Morgan fingerprint density at radius 1 is 1.21 bits per heavy atom. The van der Waals surface area contributed by atoms with Gasteiger partial charge in [0, 0.05) is 11.6 Å². The molecule has 1 atom stereocenters. The highest BCUT2D eigenvalue weighted by Crippen LogP contribution is 2.17. The molecule has 0 aliphatic heterocycles. The highest BCUT2D eigenvalue weighted by atomic mass is 16.1. The molecule has 0 aliphatic carbocycles. The smallest absolute Gasteiger partial charge is 0.252 e. The fraction of sp³-hybridized carbons (Fsp3) is 0.562. The number of rotatable bonds is 5. The summed E-state index contributed by atoms with van der Waals surface area (Å²) in [4.78, 5) is 12.4. The van der Waals surface area contributed by atoms with E-state index in [1.54, 1.807) is 0 Å². The summed E-state index contributed by atoms with van der Waals surface area (Å²) in [7, 11) is 0. The molecule has 0 bridgehead atoms. The molecule has 0 spiro atoms. The molecule has 3 N–H and O–H groups in total. The van der Waals surface area contributed by atoms with Gasteiger partial charge in [0.25, 0.3) is 5.91 Å². The van der Waals surface area contributed by atoms with Crippen LogP contribution >= 0.6 is 0 Å². The molecule has 1 unspecified atom stereocenters. The normalized spacial score (nSPS) is 12.6. The van der Waals surface area contributed by atoms with Crippen molar-refractivity contribution in [3.05, 3.63) is 34.4 Å². The van der Waals surface area contributed by atoms with Crippen LogP contribution in [-0.2, 0) is 0 Å². The van der Waals surface area contributed by atoms with Crippen LogP contribution in [0, 0.1) is 26.7 Å². The lowest BCUT2D eigenvalue weighted by Gasteiger charge is -2.23. The van der Waals surface area contributed by atoms with Crippen LogP contribution in [0.5, 0.6) is 0 Å². The van der Waals surface area contributed by atoms with E-state index < -0.39 is 0 Å². The quantitative estimate of drug-likeness (QED) is 0.857. The zero-order chi connectivity index (χ0) is 14.6. The van der Waals surface area contributed by atoms with Gasteiger partial charge in [0.2, 0.25) is 0 Å². The molecule has 1 amide bonds. The van der Waals surface area contributed by atoms with Crippen LogP contribution in [0.4, 0.5) is 0 Å². The van der Waals surface area contributed by atoms with Crippen LogP contribution in [0.3, 0.4) is 0 Å². The minimum absolute atomic E-state index is 0.0159. The third-order valence-electron chi connectivity index (χ3n) is 3.50. The van der Waals surface area contributed by atoms with Gasteiger partial charge in [-0.1, -0.05) is 31.5 Å². The van der Waals surface area contributed by atoms with Crippen molar-refractivity contribution in [1.29, 1.82) is 0 Å². The molecule has 106 valence electrons. The van der Waals surface area contributed by atoms with E-state index in [0.717, 1.165) is 23.1 Å². The van der Waals surface area contributed by atoms with Gasteiger partial charge in [-0.3, -0.25) is 4.79 Å². The maximum Gasteiger partial charge on any atom is 0.252 e. The standard InChI is InChI=1S/C16H26N2O/c1-10(2)14(6-7-17)18-16(19)15-12(4)8-11(3)9-13(15)5/h8-10,14H,6-7,17H2,1-5H3,(H,18,19). The number of nitrogens with two attached hydrogens (primary N) is 1. The van der Waals surface area contributed by atoms with E-state index in [0.29, 0.717) is 12.5 Å². The van der Waals surface area contributed by atoms with Crippen LogP contribution < -0.4 is 11.1 Å². The Bertz CT molecular complexity index is 429. The SMILES string of the molecule is Cc1cc(C)c(C(=O)NC(CCN)C(C)C)c(C)c1. The van der Waals surface area contributed by atoms with Crippen LogP contribution in [0.15, 0.2) is 12.1 Å². The lowest BCUT2D eigenvalue weighted by atomic mass is 9.97. The maximum absolute atomic E-state index is 12.4. The van der Waals surface area contributed by atoms with Gasteiger partial charge >= 0.3 is 0 Å². The molecule has 0 radical (unpaired) electrons. The van der Waals surface area contributed by atoms with Crippen LogP contribution in [-0.4, -0.2) is 18.5 Å². The fourth-order valence-electron chi connectivity index (χ4n) is 2.53. The summed E-state index contributed by atoms with van der Waals surface area (Å²) in [5.41, 5.74) is 9.66. The third kappa shape index (κ3) is 4.06. The van der Waals surface area contributed by atoms with Gasteiger partial charge in [-0.25, -0.2) is 0 Å². The lowest BCUT2D eigenvalue weighted by Crippen LogP contribution is -2.40. The van der Waals surface area contributed by atoms with E-state index in [2.05, 4.69) is 31.3 Å². The van der Waals surface area contributed by atoms with Gasteiger partial charge in [-0.2, -0.15) is 0 Å². The van der Waals surface area contributed by atoms with Gasteiger partial charge in [0.15, 0.2) is 0 Å². The van der Waals surface area contributed by atoms with Crippen LogP contribution in [0.2, 0.25) is 0 Å². The summed E-state index contributed by atoms with van der Waals surface area (Å²) in [6.07, 6.45) is 0.813. The number of hydrogen-bond acceptors (Lipinski definition) is 2. The first kappa shape index (κ1) is 15.7. The second-order valence-electron chi connectivity index (χ2n) is 5.68. The van der Waals surface area contributed by atoms with Crippen molar-refractivity contribution in [1.82, 2.24) is 5.32 Å². The number of amides is 1. The van der Waals surface area contributed by atoms with E-state index in [1.807, 2.05) is 20.8 Å².